The number of aryl methyl sites for hydroxylation is 2. The highest BCUT2D eigenvalue weighted by atomic mass is 16.5. The Morgan fingerprint density at radius 2 is 1.70 bits per heavy atom. The number of aliphatic hydroxyl groups excluding tert-OH is 1. The van der Waals surface area contributed by atoms with Gasteiger partial charge in [0.15, 0.2) is 0 Å². The monoisotopic (exact) mass is 499 g/mol. The maximum absolute atomic E-state index is 13.2. The Kier molecular flexibility index (Phi) is 8.41. The normalized spacial score (nSPS) is 16.8. The first-order valence-corrected chi connectivity index (χ1v) is 12.6. The Labute approximate surface area is 218 Å². The second kappa shape index (κ2) is 11.9. The van der Waals surface area contributed by atoms with Crippen LogP contribution in [0.3, 0.4) is 0 Å². The standard InChI is InChI=1S/C31H33NO5/c1-4-22-11-13-24(14-12-22)28-27(30(34)31(35)32(28)17-8-18-36-3)29(33)26-16-15-25(19-21(26)2)37-20-23-9-6-5-7-10-23/h5-7,9-16,19,28,33H,4,8,17-18,20H2,1-3H3. The minimum atomic E-state index is -0.678. The number of ketones is 1. The fourth-order valence-electron chi connectivity index (χ4n) is 4.65. The van der Waals surface area contributed by atoms with Gasteiger partial charge in [0.25, 0.3) is 11.7 Å². The summed E-state index contributed by atoms with van der Waals surface area (Å²) in [5.74, 6) is -0.806. The first-order chi connectivity index (χ1) is 17.9. The van der Waals surface area contributed by atoms with Crippen LogP contribution in [-0.2, 0) is 27.4 Å². The minimum Gasteiger partial charge on any atom is -0.507 e. The number of hydrogen-bond acceptors (Lipinski definition) is 5. The van der Waals surface area contributed by atoms with Crippen LogP contribution in [0, 0.1) is 6.92 Å². The number of ether oxygens (including phenoxy) is 2. The molecule has 0 aromatic heterocycles. The molecule has 3 aromatic carbocycles. The van der Waals surface area contributed by atoms with Crippen LogP contribution in [0.1, 0.15) is 47.2 Å². The van der Waals surface area contributed by atoms with Crippen molar-refractivity contribution in [1.82, 2.24) is 4.90 Å². The Balaban J connectivity index is 1.69. The van der Waals surface area contributed by atoms with Crippen molar-refractivity contribution in [2.24, 2.45) is 0 Å². The molecule has 192 valence electrons. The Morgan fingerprint density at radius 1 is 0.973 bits per heavy atom. The van der Waals surface area contributed by atoms with Gasteiger partial charge >= 0.3 is 0 Å². The summed E-state index contributed by atoms with van der Waals surface area (Å²) in [5, 5.41) is 11.4. The highest BCUT2D eigenvalue weighted by molar-refractivity contribution is 6.46. The van der Waals surface area contributed by atoms with E-state index in [9.17, 15) is 14.7 Å². The van der Waals surface area contributed by atoms with Crippen LogP contribution in [0.5, 0.6) is 5.75 Å². The van der Waals surface area contributed by atoms with Gasteiger partial charge in [-0.05, 0) is 60.2 Å². The third-order valence-electron chi connectivity index (χ3n) is 6.69. The van der Waals surface area contributed by atoms with E-state index in [1.54, 1.807) is 24.1 Å². The van der Waals surface area contributed by atoms with Crippen LogP contribution in [0.2, 0.25) is 0 Å². The molecule has 6 nitrogen and oxygen atoms in total. The number of nitrogens with zero attached hydrogens (tertiary/aromatic N) is 1. The molecule has 1 amide bonds. The Bertz CT molecular complexity index is 1280. The molecule has 3 aromatic rings. The predicted octanol–water partition coefficient (Wildman–Crippen LogP) is 5.59. The molecule has 1 aliphatic heterocycles. The van der Waals surface area contributed by atoms with Crippen molar-refractivity contribution in [1.29, 1.82) is 0 Å². The fraction of sp³-hybridized carbons (Fsp3) is 0.290. The third kappa shape index (κ3) is 5.75. The number of carbonyl (C=O) groups excluding carboxylic acids is 2. The molecule has 1 fully saturated rings. The summed E-state index contributed by atoms with van der Waals surface area (Å²) in [6, 6.07) is 22.4. The zero-order chi connectivity index (χ0) is 26.4. The molecule has 0 aliphatic carbocycles. The number of amides is 1. The summed E-state index contributed by atoms with van der Waals surface area (Å²) in [4.78, 5) is 27.9. The topological polar surface area (TPSA) is 76.1 Å². The van der Waals surface area contributed by atoms with Gasteiger partial charge in [0, 0.05) is 25.8 Å². The maximum atomic E-state index is 13.2. The summed E-state index contributed by atoms with van der Waals surface area (Å²) in [6.07, 6.45) is 1.46. The molecule has 0 saturated carbocycles. The highest BCUT2D eigenvalue weighted by Crippen LogP contribution is 2.40. The summed E-state index contributed by atoms with van der Waals surface area (Å²) in [5.41, 5.74) is 4.34. The number of Topliss-reactive ketones (excluding diaryl/α,β-unsaturated/α-hetero) is 1. The number of likely N-dealkylation sites (tertiary alicyclic amines) is 1. The molecule has 1 N–H and O–H groups in total. The van der Waals surface area contributed by atoms with Crippen molar-refractivity contribution in [3.63, 3.8) is 0 Å². The van der Waals surface area contributed by atoms with Crippen molar-refractivity contribution in [3.05, 3.63) is 106 Å². The van der Waals surface area contributed by atoms with E-state index >= 15 is 0 Å². The summed E-state index contributed by atoms with van der Waals surface area (Å²) in [7, 11) is 1.60. The average molecular weight is 500 g/mol. The van der Waals surface area contributed by atoms with Crippen molar-refractivity contribution in [2.75, 3.05) is 20.3 Å². The largest absolute Gasteiger partial charge is 0.507 e. The fourth-order valence-corrected chi connectivity index (χ4v) is 4.65. The number of rotatable bonds is 10. The van der Waals surface area contributed by atoms with Crippen molar-refractivity contribution in [2.45, 2.75) is 39.3 Å². The molecule has 1 aliphatic rings. The van der Waals surface area contributed by atoms with Gasteiger partial charge in [0.05, 0.1) is 11.6 Å². The second-order valence-corrected chi connectivity index (χ2v) is 9.18. The predicted molar refractivity (Wildman–Crippen MR) is 143 cm³/mol. The molecule has 37 heavy (non-hydrogen) atoms. The summed E-state index contributed by atoms with van der Waals surface area (Å²) in [6.45, 7) is 5.16. The van der Waals surface area contributed by atoms with Crippen molar-refractivity contribution in [3.8, 4) is 5.75 Å². The maximum Gasteiger partial charge on any atom is 0.295 e. The molecule has 6 heteroatoms. The number of hydrogen-bond donors (Lipinski definition) is 1. The van der Waals surface area contributed by atoms with E-state index in [1.165, 1.54) is 0 Å². The van der Waals surface area contributed by atoms with Gasteiger partial charge in [-0.1, -0.05) is 61.5 Å². The first kappa shape index (κ1) is 26.2. The van der Waals surface area contributed by atoms with Gasteiger partial charge < -0.3 is 19.5 Å². The summed E-state index contributed by atoms with van der Waals surface area (Å²) >= 11 is 0. The number of carbonyl (C=O) groups is 2. The molecule has 4 rings (SSSR count). The second-order valence-electron chi connectivity index (χ2n) is 9.18. The molecular formula is C31H33NO5. The lowest BCUT2D eigenvalue weighted by atomic mass is 9.93. The lowest BCUT2D eigenvalue weighted by Crippen LogP contribution is -2.31. The third-order valence-corrected chi connectivity index (χ3v) is 6.69. The smallest absolute Gasteiger partial charge is 0.295 e. The van der Waals surface area contributed by atoms with Crippen LogP contribution < -0.4 is 4.74 Å². The van der Waals surface area contributed by atoms with E-state index in [-0.39, 0.29) is 11.3 Å². The zero-order valence-corrected chi connectivity index (χ0v) is 21.6. The van der Waals surface area contributed by atoms with Gasteiger partial charge in [-0.3, -0.25) is 9.59 Å². The zero-order valence-electron chi connectivity index (χ0n) is 21.6. The van der Waals surface area contributed by atoms with E-state index in [2.05, 4.69) is 6.92 Å². The number of methoxy groups -OCH3 is 1. The molecule has 0 radical (unpaired) electrons. The summed E-state index contributed by atoms with van der Waals surface area (Å²) < 4.78 is 11.1. The van der Waals surface area contributed by atoms with E-state index < -0.39 is 17.7 Å². The molecule has 0 bridgehead atoms. The van der Waals surface area contributed by atoms with Crippen LogP contribution in [0.25, 0.3) is 5.76 Å². The van der Waals surface area contributed by atoms with Crippen LogP contribution in [0.15, 0.2) is 78.4 Å². The van der Waals surface area contributed by atoms with Crippen molar-refractivity contribution < 1.29 is 24.2 Å². The van der Waals surface area contributed by atoms with Crippen LogP contribution in [-0.4, -0.2) is 42.0 Å². The Morgan fingerprint density at radius 3 is 2.35 bits per heavy atom. The van der Waals surface area contributed by atoms with E-state index in [0.717, 1.165) is 28.7 Å². The SMILES string of the molecule is CCc1ccc(C2C(=C(O)c3ccc(OCc4ccccc4)cc3C)C(=O)C(=O)N2CCCOC)cc1. The molecule has 1 unspecified atom stereocenters. The van der Waals surface area contributed by atoms with Gasteiger partial charge in [-0.15, -0.1) is 0 Å². The number of aliphatic hydroxyl groups is 1. The van der Waals surface area contributed by atoms with Gasteiger partial charge in [-0.2, -0.15) is 0 Å². The van der Waals surface area contributed by atoms with Gasteiger partial charge in [0.2, 0.25) is 0 Å². The van der Waals surface area contributed by atoms with E-state index in [1.807, 2.05) is 67.6 Å². The van der Waals surface area contributed by atoms with Crippen LogP contribution >= 0.6 is 0 Å². The lowest BCUT2D eigenvalue weighted by Gasteiger charge is -2.25. The highest BCUT2D eigenvalue weighted by Gasteiger charge is 2.45. The number of benzene rings is 3. The molecule has 1 heterocycles. The molecule has 0 spiro atoms. The quantitative estimate of drug-likeness (QED) is 0.170. The Hall–Kier alpha value is -3.90. The lowest BCUT2D eigenvalue weighted by molar-refractivity contribution is -0.140. The minimum absolute atomic E-state index is 0.104. The molecule has 1 saturated heterocycles. The molecule has 1 atom stereocenters. The van der Waals surface area contributed by atoms with E-state index in [0.29, 0.717) is 37.5 Å². The average Bonchev–Trinajstić information content (AvgIpc) is 3.17. The van der Waals surface area contributed by atoms with Crippen LogP contribution in [0.4, 0.5) is 0 Å². The van der Waals surface area contributed by atoms with Gasteiger partial charge in [-0.25, -0.2) is 0 Å². The first-order valence-electron chi connectivity index (χ1n) is 12.6. The molecular weight excluding hydrogens is 466 g/mol. The van der Waals surface area contributed by atoms with E-state index in [4.69, 9.17) is 9.47 Å². The van der Waals surface area contributed by atoms with Crippen molar-refractivity contribution >= 4 is 17.4 Å². The van der Waals surface area contributed by atoms with Gasteiger partial charge in [0.1, 0.15) is 18.1 Å².